The Bertz CT molecular complexity index is 932. The van der Waals surface area contributed by atoms with Crippen LogP contribution >= 0.6 is 11.6 Å². The molecule has 1 atom stereocenters. The number of aromatic nitrogens is 4. The molecule has 3 heterocycles. The maximum absolute atomic E-state index is 11.7. The van der Waals surface area contributed by atoms with Crippen LogP contribution in [-0.2, 0) is 31.4 Å². The zero-order chi connectivity index (χ0) is 16.8. The first-order valence-electron chi connectivity index (χ1n) is 7.62. The number of nitrogens with zero attached hydrogens (tertiary/aromatic N) is 4. The van der Waals surface area contributed by atoms with Gasteiger partial charge in [-0.15, -0.1) is 0 Å². The minimum Gasteiger partial charge on any atom is -0.480 e. The van der Waals surface area contributed by atoms with Crippen molar-refractivity contribution < 1.29 is 9.90 Å². The number of H-pyrrole nitrogens is 1. The number of rotatable bonds is 3. The maximum atomic E-state index is 11.7. The number of carboxylic acids is 1. The molecule has 0 unspecified atom stereocenters. The van der Waals surface area contributed by atoms with Gasteiger partial charge in [0, 0.05) is 31.9 Å². The first-order chi connectivity index (χ1) is 11.5. The summed E-state index contributed by atoms with van der Waals surface area (Å²) in [5, 5.41) is 15.6. The van der Waals surface area contributed by atoms with Gasteiger partial charge in [-0.2, -0.15) is 5.10 Å². The van der Waals surface area contributed by atoms with Crippen molar-refractivity contribution in [3.63, 3.8) is 0 Å². The number of hydrogen-bond donors (Lipinski definition) is 2. The highest BCUT2D eigenvalue weighted by Crippen LogP contribution is 2.29. The summed E-state index contributed by atoms with van der Waals surface area (Å²) in [4.78, 5) is 20.9. The summed E-state index contributed by atoms with van der Waals surface area (Å²) in [7, 11) is 1.86. The summed E-state index contributed by atoms with van der Waals surface area (Å²) in [5.74, 6) is -0.852. The van der Waals surface area contributed by atoms with Crippen molar-refractivity contribution in [3.05, 3.63) is 46.6 Å². The highest BCUT2D eigenvalue weighted by molar-refractivity contribution is 6.35. The minimum absolute atomic E-state index is 0.382. The molecule has 1 aliphatic heterocycles. The molecular weight excluding hydrogens is 330 g/mol. The summed E-state index contributed by atoms with van der Waals surface area (Å²) >= 11 is 6.35. The van der Waals surface area contributed by atoms with Crippen LogP contribution in [0.4, 0.5) is 0 Å². The lowest BCUT2D eigenvalue weighted by atomic mass is 10.0. The van der Waals surface area contributed by atoms with Crippen LogP contribution in [0.5, 0.6) is 0 Å². The number of carboxylic acid groups (broad SMARTS) is 1. The second kappa shape index (κ2) is 5.61. The van der Waals surface area contributed by atoms with E-state index in [2.05, 4.69) is 15.1 Å². The van der Waals surface area contributed by atoms with Gasteiger partial charge in [-0.1, -0.05) is 17.7 Å². The molecule has 124 valence electrons. The van der Waals surface area contributed by atoms with E-state index < -0.39 is 12.0 Å². The third-order valence-electron chi connectivity index (χ3n) is 4.53. The average molecular weight is 346 g/mol. The van der Waals surface area contributed by atoms with Gasteiger partial charge in [0.05, 0.1) is 33.9 Å². The number of fused-ring (bicyclic) bond motifs is 2. The van der Waals surface area contributed by atoms with E-state index in [0.29, 0.717) is 24.5 Å². The first kappa shape index (κ1) is 15.2. The third kappa shape index (κ3) is 2.37. The van der Waals surface area contributed by atoms with Gasteiger partial charge in [0.15, 0.2) is 0 Å². The summed E-state index contributed by atoms with van der Waals surface area (Å²) < 4.78 is 1.78. The number of imidazole rings is 1. The molecule has 0 saturated heterocycles. The molecule has 1 aromatic carbocycles. The van der Waals surface area contributed by atoms with E-state index in [-0.39, 0.29) is 0 Å². The molecule has 4 rings (SSSR count). The van der Waals surface area contributed by atoms with E-state index >= 15 is 0 Å². The minimum atomic E-state index is -0.852. The Morgan fingerprint density at radius 1 is 1.50 bits per heavy atom. The molecule has 1 aliphatic rings. The fourth-order valence-corrected chi connectivity index (χ4v) is 3.63. The number of benzene rings is 1. The lowest BCUT2D eigenvalue weighted by Crippen LogP contribution is -2.45. The number of aryl methyl sites for hydroxylation is 1. The molecule has 0 amide bonds. The summed E-state index contributed by atoms with van der Waals surface area (Å²) in [6.45, 7) is 0.908. The monoisotopic (exact) mass is 345 g/mol. The van der Waals surface area contributed by atoms with E-state index in [1.807, 2.05) is 30.1 Å². The molecule has 2 N–H and O–H groups in total. The Hall–Kier alpha value is -2.38. The second-order valence-corrected chi connectivity index (χ2v) is 6.40. The Morgan fingerprint density at radius 3 is 3.12 bits per heavy atom. The smallest absolute Gasteiger partial charge is 0.321 e. The number of carbonyl (C=O) groups is 1. The normalized spacial score (nSPS) is 18.0. The highest BCUT2D eigenvalue weighted by atomic mass is 35.5. The molecule has 0 saturated carbocycles. The number of aromatic amines is 1. The van der Waals surface area contributed by atoms with Gasteiger partial charge >= 0.3 is 5.97 Å². The van der Waals surface area contributed by atoms with E-state index in [1.54, 1.807) is 11.0 Å². The predicted molar refractivity (Wildman–Crippen MR) is 88.7 cm³/mol. The molecule has 0 bridgehead atoms. The molecule has 0 radical (unpaired) electrons. The Morgan fingerprint density at radius 2 is 2.33 bits per heavy atom. The lowest BCUT2D eigenvalue weighted by Gasteiger charge is -2.31. The predicted octanol–water partition coefficient (Wildman–Crippen LogP) is 1.96. The van der Waals surface area contributed by atoms with Crippen LogP contribution in [0.25, 0.3) is 10.9 Å². The molecule has 2 aromatic heterocycles. The molecule has 0 fully saturated rings. The van der Waals surface area contributed by atoms with Crippen molar-refractivity contribution in [3.8, 4) is 0 Å². The Labute approximate surface area is 142 Å². The van der Waals surface area contributed by atoms with Crippen molar-refractivity contribution in [2.45, 2.75) is 25.6 Å². The number of halogens is 1. The van der Waals surface area contributed by atoms with Gasteiger partial charge in [0.1, 0.15) is 6.04 Å². The van der Waals surface area contributed by atoms with E-state index in [1.165, 1.54) is 0 Å². The van der Waals surface area contributed by atoms with Crippen molar-refractivity contribution in [1.82, 2.24) is 24.6 Å². The zero-order valence-electron chi connectivity index (χ0n) is 13.0. The van der Waals surface area contributed by atoms with Crippen LogP contribution in [-0.4, -0.2) is 41.8 Å². The molecular formula is C16H16ClN5O2. The van der Waals surface area contributed by atoms with Crippen LogP contribution in [0.3, 0.4) is 0 Å². The number of hydrogen-bond acceptors (Lipinski definition) is 4. The van der Waals surface area contributed by atoms with Crippen molar-refractivity contribution >= 4 is 28.5 Å². The first-order valence-corrected chi connectivity index (χ1v) is 8.00. The number of nitrogens with one attached hydrogen (secondary N) is 1. The Kier molecular flexibility index (Phi) is 3.54. The molecule has 3 aromatic rings. The molecule has 0 spiro atoms. The Balaban J connectivity index is 1.73. The summed E-state index contributed by atoms with van der Waals surface area (Å²) in [5.41, 5.74) is 3.50. The van der Waals surface area contributed by atoms with E-state index in [9.17, 15) is 9.90 Å². The molecule has 7 nitrogen and oxygen atoms in total. The van der Waals surface area contributed by atoms with Gasteiger partial charge in [-0.05, 0) is 12.1 Å². The van der Waals surface area contributed by atoms with Crippen LogP contribution in [0, 0.1) is 0 Å². The van der Waals surface area contributed by atoms with Gasteiger partial charge < -0.3 is 10.1 Å². The molecule has 0 aliphatic carbocycles. The zero-order valence-corrected chi connectivity index (χ0v) is 13.8. The van der Waals surface area contributed by atoms with E-state index in [4.69, 9.17) is 11.6 Å². The van der Waals surface area contributed by atoms with Crippen LogP contribution in [0.2, 0.25) is 5.02 Å². The third-order valence-corrected chi connectivity index (χ3v) is 4.85. The van der Waals surface area contributed by atoms with Gasteiger partial charge in [0.25, 0.3) is 0 Å². The quantitative estimate of drug-likeness (QED) is 0.757. The second-order valence-electron chi connectivity index (χ2n) is 6.00. The topological polar surface area (TPSA) is 87.0 Å². The van der Waals surface area contributed by atoms with Crippen molar-refractivity contribution in [2.75, 3.05) is 0 Å². The number of aliphatic carboxylic acids is 1. The van der Waals surface area contributed by atoms with Crippen LogP contribution < -0.4 is 0 Å². The fraction of sp³-hybridized carbons (Fsp3) is 0.312. The lowest BCUT2D eigenvalue weighted by molar-refractivity contribution is -0.144. The van der Waals surface area contributed by atoms with Crippen molar-refractivity contribution in [2.24, 2.45) is 7.05 Å². The molecule has 8 heteroatoms. The van der Waals surface area contributed by atoms with Gasteiger partial charge in [-0.3, -0.25) is 14.4 Å². The van der Waals surface area contributed by atoms with Crippen molar-refractivity contribution in [1.29, 1.82) is 0 Å². The summed E-state index contributed by atoms with van der Waals surface area (Å²) in [6.07, 6.45) is 1.99. The van der Waals surface area contributed by atoms with Crippen LogP contribution in [0.1, 0.15) is 17.1 Å². The van der Waals surface area contributed by atoms with Gasteiger partial charge in [-0.25, -0.2) is 4.98 Å². The van der Waals surface area contributed by atoms with Gasteiger partial charge in [0.2, 0.25) is 0 Å². The SMILES string of the molecule is Cn1nc(CN2Cc3[nH]cnc3C[C@@H]2C(=O)O)c2c(Cl)cccc21. The van der Waals surface area contributed by atoms with E-state index in [0.717, 1.165) is 28.0 Å². The largest absolute Gasteiger partial charge is 0.480 e. The standard InChI is InChI=1S/C16H16ClN5O2/c1-21-13-4-2-3-9(17)15(13)12(20-21)7-22-6-11-10(18-8-19-11)5-14(22)16(23)24/h2-4,8,14H,5-7H2,1H3,(H,18,19)(H,23,24)/t14-/m1/s1. The average Bonchev–Trinajstić information content (AvgIpc) is 3.12. The molecule has 24 heavy (non-hydrogen) atoms. The fourth-order valence-electron chi connectivity index (χ4n) is 3.35. The maximum Gasteiger partial charge on any atom is 0.321 e. The van der Waals surface area contributed by atoms with Crippen LogP contribution in [0.15, 0.2) is 24.5 Å². The highest BCUT2D eigenvalue weighted by Gasteiger charge is 2.33. The summed E-state index contributed by atoms with van der Waals surface area (Å²) in [6, 6.07) is 5.04.